The SMILES string of the molecule is CC(C)(S)[C@H](N[Se][Se]N[C@H](C(=O)O)C(C)(C)S)C(=O)O. The molecule has 0 bridgehead atoms. The van der Waals surface area contributed by atoms with Gasteiger partial charge in [-0.2, -0.15) is 0 Å². The molecule has 0 aromatic heterocycles. The summed E-state index contributed by atoms with van der Waals surface area (Å²) in [5, 5.41) is 18.2. The van der Waals surface area contributed by atoms with Gasteiger partial charge in [0.1, 0.15) is 0 Å². The predicted octanol–water partition coefficient (Wildman–Crippen LogP) is -0.358. The Morgan fingerprint density at radius 1 is 0.900 bits per heavy atom. The van der Waals surface area contributed by atoms with Crippen molar-refractivity contribution in [2.75, 3.05) is 0 Å². The molecule has 0 spiro atoms. The van der Waals surface area contributed by atoms with Crippen LogP contribution in [0.5, 0.6) is 0 Å². The molecule has 0 aliphatic heterocycles. The van der Waals surface area contributed by atoms with Crippen LogP contribution in [0.3, 0.4) is 0 Å². The number of carboxylic acid groups (broad SMARTS) is 2. The first-order valence-electron chi connectivity index (χ1n) is 5.61. The fourth-order valence-electron chi connectivity index (χ4n) is 1.14. The van der Waals surface area contributed by atoms with Crippen molar-refractivity contribution in [3.8, 4) is 0 Å². The fourth-order valence-corrected chi connectivity index (χ4v) is 7.29. The van der Waals surface area contributed by atoms with Crippen molar-refractivity contribution in [1.29, 1.82) is 0 Å². The van der Waals surface area contributed by atoms with Crippen LogP contribution in [-0.4, -0.2) is 70.4 Å². The summed E-state index contributed by atoms with van der Waals surface area (Å²) in [6.07, 6.45) is 0. The van der Waals surface area contributed by atoms with Gasteiger partial charge < -0.3 is 0 Å². The summed E-state index contributed by atoms with van der Waals surface area (Å²) >= 11 is 8.10. The van der Waals surface area contributed by atoms with Gasteiger partial charge >= 0.3 is 142 Å². The van der Waals surface area contributed by atoms with Gasteiger partial charge in [-0.15, -0.1) is 0 Å². The van der Waals surface area contributed by atoms with Crippen LogP contribution in [0.25, 0.3) is 0 Å². The number of hydrogen-bond donors (Lipinski definition) is 6. The molecule has 0 unspecified atom stereocenters. The van der Waals surface area contributed by atoms with E-state index in [1.165, 1.54) is 0 Å². The molecule has 0 fully saturated rings. The van der Waals surface area contributed by atoms with Crippen molar-refractivity contribution in [3.05, 3.63) is 0 Å². The van der Waals surface area contributed by atoms with Crippen molar-refractivity contribution in [1.82, 2.24) is 8.67 Å². The standard InChI is InChI=1S/C10H20N2O4S2Se2/c1-9(2,17)5(7(13)14)11-19-20-12-6(8(15)16)10(3,4)18/h5-6,11-12,17-18H,1-4H3,(H,13,14)(H,15,16)/t5-,6-/m1/s1. The topological polar surface area (TPSA) is 98.7 Å². The van der Waals surface area contributed by atoms with Gasteiger partial charge in [0.05, 0.1) is 0 Å². The summed E-state index contributed by atoms with van der Waals surface area (Å²) < 4.78 is 4.49. The molecular weight excluding hydrogens is 434 g/mol. The number of rotatable bonds is 9. The first kappa shape index (κ1) is 20.6. The molecule has 0 saturated heterocycles. The number of carbonyl (C=O) groups is 2. The first-order valence-corrected chi connectivity index (χ1v) is 12.6. The Kier molecular flexibility index (Phi) is 8.54. The molecule has 0 aromatic rings. The molecule has 0 rings (SSSR count). The minimum atomic E-state index is -0.966. The molecule has 20 heavy (non-hydrogen) atoms. The molecule has 6 nitrogen and oxygen atoms in total. The number of aliphatic carboxylic acids is 2. The minimum absolute atomic E-state index is 0.206. The third kappa shape index (κ3) is 7.56. The Morgan fingerprint density at radius 2 is 1.15 bits per heavy atom. The molecule has 0 radical (unpaired) electrons. The van der Waals surface area contributed by atoms with E-state index < -0.39 is 33.5 Å². The molecule has 0 amide bonds. The van der Waals surface area contributed by atoms with Crippen LogP contribution >= 0.6 is 25.3 Å². The average molecular weight is 454 g/mol. The summed E-state index contributed by atoms with van der Waals surface area (Å²) in [4.78, 5) is 22.2. The van der Waals surface area contributed by atoms with Gasteiger partial charge in [-0.3, -0.25) is 0 Å². The Bertz CT molecular complexity index is 324. The van der Waals surface area contributed by atoms with Gasteiger partial charge in [0.25, 0.3) is 0 Å². The summed E-state index contributed by atoms with van der Waals surface area (Å²) in [5.74, 6) is -1.93. The summed E-state index contributed by atoms with van der Waals surface area (Å²) in [5.41, 5.74) is 0. The van der Waals surface area contributed by atoms with E-state index in [0.717, 1.165) is 0 Å². The fraction of sp³-hybridized carbons (Fsp3) is 0.800. The number of hydrogen-bond acceptors (Lipinski definition) is 6. The van der Waals surface area contributed by atoms with Crippen LogP contribution < -0.4 is 8.67 Å². The number of carboxylic acids is 2. The normalized spacial score (nSPS) is 15.7. The zero-order valence-corrected chi connectivity index (χ0v) is 16.8. The van der Waals surface area contributed by atoms with Gasteiger partial charge in [0.15, 0.2) is 0 Å². The van der Waals surface area contributed by atoms with Crippen LogP contribution in [0, 0.1) is 0 Å². The molecule has 10 heteroatoms. The molecule has 0 aliphatic carbocycles. The molecule has 0 aliphatic rings. The Balaban J connectivity index is 4.37. The van der Waals surface area contributed by atoms with Crippen LogP contribution in [0.1, 0.15) is 27.7 Å². The van der Waals surface area contributed by atoms with Crippen molar-refractivity contribution < 1.29 is 19.8 Å². The van der Waals surface area contributed by atoms with E-state index in [0.29, 0.717) is 0 Å². The second kappa shape index (κ2) is 8.29. The second-order valence-corrected chi connectivity index (χ2v) is 12.9. The maximum absolute atomic E-state index is 11.1. The van der Waals surface area contributed by atoms with Gasteiger partial charge in [-0.25, -0.2) is 0 Å². The summed E-state index contributed by atoms with van der Waals surface area (Å²) in [7, 11) is 0. The predicted molar refractivity (Wildman–Crippen MR) is 86.8 cm³/mol. The average Bonchev–Trinajstić information content (AvgIpc) is 2.17. The molecular formula is C10H20N2O4S2Se2. The molecule has 4 N–H and O–H groups in total. The first-order chi connectivity index (χ1) is 8.87. The molecule has 0 saturated carbocycles. The third-order valence-corrected chi connectivity index (χ3v) is 7.37. The monoisotopic (exact) mass is 456 g/mol. The maximum atomic E-state index is 11.1. The molecule has 118 valence electrons. The van der Waals surface area contributed by atoms with Crippen LogP contribution in [-0.2, 0) is 9.59 Å². The van der Waals surface area contributed by atoms with Crippen LogP contribution in [0.4, 0.5) is 0 Å². The molecule has 2 atom stereocenters. The summed E-state index contributed by atoms with van der Waals surface area (Å²) in [6.45, 7) is 6.87. The van der Waals surface area contributed by atoms with E-state index in [4.69, 9.17) is 10.2 Å². The van der Waals surface area contributed by atoms with Gasteiger partial charge in [0, 0.05) is 0 Å². The molecule has 0 heterocycles. The zero-order chi connectivity index (χ0) is 16.1. The van der Waals surface area contributed by atoms with E-state index in [1.54, 1.807) is 27.7 Å². The third-order valence-electron chi connectivity index (χ3n) is 2.28. The Hall–Kier alpha value is 0.599. The zero-order valence-electron chi connectivity index (χ0n) is 11.6. The van der Waals surface area contributed by atoms with Crippen LogP contribution in [0.15, 0.2) is 0 Å². The number of thiol groups is 2. The van der Waals surface area contributed by atoms with Crippen molar-refractivity contribution in [2.45, 2.75) is 49.3 Å². The van der Waals surface area contributed by atoms with E-state index in [1.807, 2.05) is 0 Å². The van der Waals surface area contributed by atoms with Crippen LogP contribution in [0.2, 0.25) is 0 Å². The van der Waals surface area contributed by atoms with Gasteiger partial charge in [-0.05, 0) is 0 Å². The van der Waals surface area contributed by atoms with Crippen molar-refractivity contribution >= 4 is 63.9 Å². The summed E-state index contributed by atoms with van der Waals surface area (Å²) in [6, 6.07) is -1.55. The number of nitrogens with one attached hydrogen (secondary N) is 2. The van der Waals surface area contributed by atoms with E-state index >= 15 is 0 Å². The molecule has 0 aromatic carbocycles. The Morgan fingerprint density at radius 3 is 1.30 bits per heavy atom. The van der Waals surface area contributed by atoms with Gasteiger partial charge in [-0.1, -0.05) is 0 Å². The Labute approximate surface area is 141 Å². The van der Waals surface area contributed by atoms with E-state index in [2.05, 4.69) is 33.9 Å². The van der Waals surface area contributed by atoms with Gasteiger partial charge in [0.2, 0.25) is 0 Å². The van der Waals surface area contributed by atoms with Crippen molar-refractivity contribution in [3.63, 3.8) is 0 Å². The van der Waals surface area contributed by atoms with E-state index in [9.17, 15) is 9.59 Å². The van der Waals surface area contributed by atoms with E-state index in [-0.39, 0.29) is 26.7 Å². The van der Waals surface area contributed by atoms with Crippen molar-refractivity contribution in [2.24, 2.45) is 0 Å². The quantitative estimate of drug-likeness (QED) is 0.162. The second-order valence-electron chi connectivity index (χ2n) is 5.25.